The second-order valence-electron chi connectivity index (χ2n) is 3.84. The molecule has 0 aliphatic rings. The summed E-state index contributed by atoms with van der Waals surface area (Å²) in [6.45, 7) is 0.850. The van der Waals surface area contributed by atoms with Gasteiger partial charge in [0.1, 0.15) is 4.90 Å². The van der Waals surface area contributed by atoms with Crippen molar-refractivity contribution in [3.8, 4) is 0 Å². The monoisotopic (exact) mass is 364 g/mol. The maximum atomic E-state index is 12.2. The SMILES string of the molecule is CNCc1cc(S(=O)(=O)NCc2ccoc2)c(Br)s1. The summed E-state index contributed by atoms with van der Waals surface area (Å²) in [5.41, 5.74) is 0.783. The van der Waals surface area contributed by atoms with Crippen LogP contribution in [0.15, 0.2) is 37.8 Å². The predicted molar refractivity (Wildman–Crippen MR) is 77.5 cm³/mol. The smallest absolute Gasteiger partial charge is 0.242 e. The van der Waals surface area contributed by atoms with E-state index >= 15 is 0 Å². The zero-order valence-electron chi connectivity index (χ0n) is 10.1. The van der Waals surface area contributed by atoms with Crippen molar-refractivity contribution < 1.29 is 12.8 Å². The van der Waals surface area contributed by atoms with Crippen molar-refractivity contribution in [1.29, 1.82) is 0 Å². The number of hydrogen-bond acceptors (Lipinski definition) is 5. The Morgan fingerprint density at radius 3 is 2.84 bits per heavy atom. The van der Waals surface area contributed by atoms with Gasteiger partial charge in [0.2, 0.25) is 10.0 Å². The van der Waals surface area contributed by atoms with Crippen molar-refractivity contribution >= 4 is 37.3 Å². The summed E-state index contributed by atoms with van der Waals surface area (Å²) in [6, 6.07) is 3.39. The molecule has 0 unspecified atom stereocenters. The third-order valence-electron chi connectivity index (χ3n) is 2.39. The molecule has 2 heterocycles. The van der Waals surface area contributed by atoms with Crippen molar-refractivity contribution in [2.75, 3.05) is 7.05 Å². The van der Waals surface area contributed by atoms with Crippen LogP contribution < -0.4 is 10.0 Å². The number of rotatable bonds is 6. The van der Waals surface area contributed by atoms with Gasteiger partial charge in [0.15, 0.2) is 0 Å². The van der Waals surface area contributed by atoms with Crippen molar-refractivity contribution in [1.82, 2.24) is 10.0 Å². The van der Waals surface area contributed by atoms with Crippen LogP contribution in [-0.4, -0.2) is 15.5 Å². The van der Waals surface area contributed by atoms with E-state index in [1.807, 2.05) is 7.05 Å². The minimum Gasteiger partial charge on any atom is -0.472 e. The van der Waals surface area contributed by atoms with Crippen LogP contribution in [0.3, 0.4) is 0 Å². The third kappa shape index (κ3) is 3.67. The average molecular weight is 365 g/mol. The number of nitrogens with one attached hydrogen (secondary N) is 2. The van der Waals surface area contributed by atoms with Crippen LogP contribution in [0.4, 0.5) is 0 Å². The first-order valence-electron chi connectivity index (χ1n) is 5.46. The lowest BCUT2D eigenvalue weighted by atomic mass is 10.4. The quantitative estimate of drug-likeness (QED) is 0.824. The van der Waals surface area contributed by atoms with Gasteiger partial charge in [-0.25, -0.2) is 13.1 Å². The molecule has 0 radical (unpaired) electrons. The molecular formula is C11H13BrN2O3S2. The summed E-state index contributed by atoms with van der Waals surface area (Å²) in [7, 11) is -1.70. The molecule has 2 rings (SSSR count). The molecule has 8 heteroatoms. The molecule has 0 aliphatic heterocycles. The Labute approximate surface area is 124 Å². The molecule has 0 saturated heterocycles. The second kappa shape index (κ2) is 6.19. The lowest BCUT2D eigenvalue weighted by molar-refractivity contribution is 0.561. The summed E-state index contributed by atoms with van der Waals surface area (Å²) in [6.07, 6.45) is 3.02. The van der Waals surface area contributed by atoms with Gasteiger partial charge in [0.25, 0.3) is 0 Å². The fraction of sp³-hybridized carbons (Fsp3) is 0.273. The van der Waals surface area contributed by atoms with Gasteiger partial charge in [-0.15, -0.1) is 11.3 Å². The summed E-state index contributed by atoms with van der Waals surface area (Å²) in [4.78, 5) is 1.23. The van der Waals surface area contributed by atoms with E-state index in [-0.39, 0.29) is 11.4 Å². The predicted octanol–water partition coefficient (Wildman–Crippen LogP) is 2.30. The van der Waals surface area contributed by atoms with Crippen LogP contribution in [0.1, 0.15) is 10.4 Å². The Balaban J connectivity index is 2.14. The first-order valence-corrected chi connectivity index (χ1v) is 8.56. The normalized spacial score (nSPS) is 11.9. The van der Waals surface area contributed by atoms with Crippen LogP contribution in [0, 0.1) is 0 Å². The van der Waals surface area contributed by atoms with Crippen molar-refractivity contribution in [3.05, 3.63) is 38.9 Å². The van der Waals surface area contributed by atoms with Gasteiger partial charge in [-0.3, -0.25) is 0 Å². The Hall–Kier alpha value is -0.670. The van der Waals surface area contributed by atoms with Gasteiger partial charge >= 0.3 is 0 Å². The third-order valence-corrected chi connectivity index (χ3v) is 6.05. The molecule has 0 fully saturated rings. The van der Waals surface area contributed by atoms with Gasteiger partial charge in [-0.05, 0) is 35.1 Å². The van der Waals surface area contributed by atoms with Crippen molar-refractivity contribution in [2.24, 2.45) is 0 Å². The molecule has 19 heavy (non-hydrogen) atoms. The average Bonchev–Trinajstić information content (AvgIpc) is 2.97. The highest BCUT2D eigenvalue weighted by atomic mass is 79.9. The number of halogens is 1. The molecule has 0 atom stereocenters. The first-order chi connectivity index (χ1) is 9.03. The molecule has 2 aromatic heterocycles. The number of hydrogen-bond donors (Lipinski definition) is 2. The standard InChI is InChI=1S/C11H13BrN2O3S2/c1-13-6-9-4-10(11(12)18-9)19(15,16)14-5-8-2-3-17-7-8/h2-4,7,13-14H,5-6H2,1H3. The van der Waals surface area contributed by atoms with Gasteiger partial charge in [-0.2, -0.15) is 0 Å². The molecular weight excluding hydrogens is 352 g/mol. The molecule has 104 valence electrons. The zero-order valence-corrected chi connectivity index (χ0v) is 13.4. The van der Waals surface area contributed by atoms with Crippen LogP contribution in [0.2, 0.25) is 0 Å². The van der Waals surface area contributed by atoms with Crippen LogP contribution in [0.5, 0.6) is 0 Å². The summed E-state index contributed by atoms with van der Waals surface area (Å²) in [5.74, 6) is 0. The molecule has 0 aliphatic carbocycles. The van der Waals surface area contributed by atoms with E-state index in [1.54, 1.807) is 12.1 Å². The fourth-order valence-corrected chi connectivity index (χ4v) is 5.20. The number of thiophene rings is 1. The lowest BCUT2D eigenvalue weighted by Crippen LogP contribution is -2.22. The molecule has 0 saturated carbocycles. The Morgan fingerprint density at radius 2 is 2.21 bits per heavy atom. The largest absolute Gasteiger partial charge is 0.472 e. The summed E-state index contributed by atoms with van der Waals surface area (Å²) < 4.78 is 32.4. The highest BCUT2D eigenvalue weighted by molar-refractivity contribution is 9.11. The van der Waals surface area contributed by atoms with Crippen molar-refractivity contribution in [2.45, 2.75) is 18.0 Å². The first kappa shape index (κ1) is 14.7. The molecule has 2 N–H and O–H groups in total. The van der Waals surface area contributed by atoms with Crippen LogP contribution in [-0.2, 0) is 23.1 Å². The van der Waals surface area contributed by atoms with Gasteiger partial charge in [-0.1, -0.05) is 0 Å². The van der Waals surface area contributed by atoms with Gasteiger partial charge in [0, 0.05) is 23.5 Å². The van der Waals surface area contributed by atoms with Crippen LogP contribution in [0.25, 0.3) is 0 Å². The van der Waals surface area contributed by atoms with E-state index in [0.717, 1.165) is 10.4 Å². The van der Waals surface area contributed by atoms with Gasteiger partial charge in [0.05, 0.1) is 16.3 Å². The summed E-state index contributed by atoms with van der Waals surface area (Å²) >= 11 is 4.70. The maximum Gasteiger partial charge on any atom is 0.242 e. The van der Waals surface area contributed by atoms with E-state index in [9.17, 15) is 8.42 Å². The van der Waals surface area contributed by atoms with E-state index < -0.39 is 10.0 Å². The summed E-state index contributed by atoms with van der Waals surface area (Å²) in [5, 5.41) is 2.99. The molecule has 0 spiro atoms. The minimum atomic E-state index is -3.52. The van der Waals surface area contributed by atoms with Crippen LogP contribution >= 0.6 is 27.3 Å². The molecule has 0 bridgehead atoms. The van der Waals surface area contributed by atoms with Gasteiger partial charge < -0.3 is 9.73 Å². The highest BCUT2D eigenvalue weighted by Crippen LogP contribution is 2.31. The maximum absolute atomic E-state index is 12.2. The minimum absolute atomic E-state index is 0.211. The highest BCUT2D eigenvalue weighted by Gasteiger charge is 2.20. The molecule has 0 aromatic carbocycles. The zero-order chi connectivity index (χ0) is 13.9. The Kier molecular flexibility index (Phi) is 4.80. The molecule has 5 nitrogen and oxygen atoms in total. The Bertz CT molecular complexity index is 635. The molecule has 0 amide bonds. The van der Waals surface area contributed by atoms with Crippen molar-refractivity contribution in [3.63, 3.8) is 0 Å². The Morgan fingerprint density at radius 1 is 1.42 bits per heavy atom. The van der Waals surface area contributed by atoms with E-state index in [2.05, 4.69) is 26.0 Å². The lowest BCUT2D eigenvalue weighted by Gasteiger charge is -2.03. The van der Waals surface area contributed by atoms with E-state index in [1.165, 1.54) is 23.9 Å². The number of sulfonamides is 1. The fourth-order valence-electron chi connectivity index (χ4n) is 1.49. The molecule has 2 aromatic rings. The van der Waals surface area contributed by atoms with E-state index in [0.29, 0.717) is 10.3 Å². The van der Waals surface area contributed by atoms with E-state index in [4.69, 9.17) is 4.42 Å². The topological polar surface area (TPSA) is 71.3 Å². The second-order valence-corrected chi connectivity index (χ2v) is 8.03. The number of furan rings is 1.